The van der Waals surface area contributed by atoms with E-state index in [1.165, 1.54) is 7.11 Å². The molecule has 0 saturated heterocycles. The molecule has 0 aliphatic carbocycles. The zero-order chi connectivity index (χ0) is 13.8. The van der Waals surface area contributed by atoms with Crippen LogP contribution in [0.4, 0.5) is 0 Å². The molecule has 0 radical (unpaired) electrons. The van der Waals surface area contributed by atoms with E-state index in [1.54, 1.807) is 6.20 Å². The van der Waals surface area contributed by atoms with Gasteiger partial charge in [0.2, 0.25) is 0 Å². The van der Waals surface area contributed by atoms with E-state index in [1.807, 2.05) is 38.5 Å². The van der Waals surface area contributed by atoms with Gasteiger partial charge in [0.1, 0.15) is 11.4 Å². The molecule has 0 saturated carbocycles. The maximum absolute atomic E-state index is 11.9. The van der Waals surface area contributed by atoms with Crippen LogP contribution in [-0.2, 0) is 16.1 Å². The van der Waals surface area contributed by atoms with Crippen molar-refractivity contribution < 1.29 is 9.53 Å². The molecule has 1 atom stereocenters. The van der Waals surface area contributed by atoms with E-state index in [0.29, 0.717) is 6.42 Å². The van der Waals surface area contributed by atoms with Crippen molar-refractivity contribution in [3.8, 4) is 0 Å². The Morgan fingerprint density at radius 3 is 2.72 bits per heavy atom. The fourth-order valence-electron chi connectivity index (χ4n) is 2.08. The van der Waals surface area contributed by atoms with E-state index in [2.05, 4.69) is 10.3 Å². The van der Waals surface area contributed by atoms with Crippen molar-refractivity contribution in [3.63, 3.8) is 0 Å². The molecule has 1 N–H and O–H groups in total. The smallest absolute Gasteiger partial charge is 0.325 e. The van der Waals surface area contributed by atoms with Gasteiger partial charge in [-0.15, -0.1) is 0 Å². The molecule has 0 fully saturated rings. The molecule has 1 unspecified atom stereocenters. The van der Waals surface area contributed by atoms with Gasteiger partial charge in [-0.3, -0.25) is 10.1 Å². The maximum Gasteiger partial charge on any atom is 0.325 e. The summed E-state index contributed by atoms with van der Waals surface area (Å²) in [6.45, 7) is 8.60. The summed E-state index contributed by atoms with van der Waals surface area (Å²) in [5.41, 5.74) is -0.667. The van der Waals surface area contributed by atoms with Crippen molar-refractivity contribution in [1.82, 2.24) is 14.9 Å². The van der Waals surface area contributed by atoms with Crippen molar-refractivity contribution in [2.24, 2.45) is 0 Å². The van der Waals surface area contributed by atoms with Crippen LogP contribution in [0.5, 0.6) is 0 Å². The Balaban J connectivity index is 2.73. The highest BCUT2D eigenvalue weighted by molar-refractivity contribution is 5.80. The molecule has 1 heterocycles. The summed E-state index contributed by atoms with van der Waals surface area (Å²) < 4.78 is 6.92. The van der Waals surface area contributed by atoms with Crippen LogP contribution in [0.15, 0.2) is 12.4 Å². The number of nitrogens with zero attached hydrogens (tertiary/aromatic N) is 2. The SMILES string of the molecule is COC(=O)C(C)(CCn1ccnc1C)NC(C)C. The topological polar surface area (TPSA) is 56.2 Å². The number of hydrogen-bond acceptors (Lipinski definition) is 4. The Morgan fingerprint density at radius 1 is 1.61 bits per heavy atom. The number of carbonyl (C=O) groups is 1. The van der Waals surface area contributed by atoms with Gasteiger partial charge in [0, 0.05) is 25.0 Å². The van der Waals surface area contributed by atoms with E-state index >= 15 is 0 Å². The number of aryl methyl sites for hydroxylation is 2. The fraction of sp³-hybridized carbons (Fsp3) is 0.692. The van der Waals surface area contributed by atoms with Crippen LogP contribution in [0.25, 0.3) is 0 Å². The van der Waals surface area contributed by atoms with Gasteiger partial charge in [-0.1, -0.05) is 0 Å². The van der Waals surface area contributed by atoms with Crippen LogP contribution in [0.2, 0.25) is 0 Å². The van der Waals surface area contributed by atoms with Gasteiger partial charge >= 0.3 is 5.97 Å². The highest BCUT2D eigenvalue weighted by Gasteiger charge is 2.34. The normalized spacial score (nSPS) is 14.6. The number of esters is 1. The van der Waals surface area contributed by atoms with Crippen LogP contribution in [-0.4, -0.2) is 34.2 Å². The second-order valence-corrected chi connectivity index (χ2v) is 5.04. The van der Waals surface area contributed by atoms with Gasteiger partial charge in [0.25, 0.3) is 0 Å². The predicted molar refractivity (Wildman–Crippen MR) is 70.3 cm³/mol. The maximum atomic E-state index is 11.9. The van der Waals surface area contributed by atoms with E-state index in [9.17, 15) is 4.79 Å². The molecule has 0 bridgehead atoms. The summed E-state index contributed by atoms with van der Waals surface area (Å²) in [5, 5.41) is 3.28. The van der Waals surface area contributed by atoms with Gasteiger partial charge in [-0.05, 0) is 34.1 Å². The minimum atomic E-state index is -0.667. The van der Waals surface area contributed by atoms with Crippen molar-refractivity contribution in [3.05, 3.63) is 18.2 Å². The standard InChI is InChI=1S/C13H23N3O2/c1-10(2)15-13(4,12(17)18-5)6-8-16-9-7-14-11(16)3/h7,9-10,15H,6,8H2,1-5H3. The molecule has 5 nitrogen and oxygen atoms in total. The Bertz CT molecular complexity index is 401. The minimum Gasteiger partial charge on any atom is -0.468 e. The first-order valence-corrected chi connectivity index (χ1v) is 6.23. The third kappa shape index (κ3) is 3.57. The highest BCUT2D eigenvalue weighted by Crippen LogP contribution is 2.15. The number of rotatable bonds is 6. The molecule has 5 heteroatoms. The van der Waals surface area contributed by atoms with E-state index in [-0.39, 0.29) is 12.0 Å². The number of nitrogens with one attached hydrogen (secondary N) is 1. The number of aromatic nitrogens is 2. The molecule has 1 aromatic rings. The molecule has 0 amide bonds. The van der Waals surface area contributed by atoms with Gasteiger partial charge in [-0.2, -0.15) is 0 Å². The molecule has 1 rings (SSSR count). The van der Waals surface area contributed by atoms with Crippen LogP contribution >= 0.6 is 0 Å². The molecule has 18 heavy (non-hydrogen) atoms. The zero-order valence-corrected chi connectivity index (χ0v) is 11.9. The van der Waals surface area contributed by atoms with E-state index in [0.717, 1.165) is 12.4 Å². The molecular formula is C13H23N3O2. The number of ether oxygens (including phenoxy) is 1. The second-order valence-electron chi connectivity index (χ2n) is 5.04. The van der Waals surface area contributed by atoms with Crippen molar-refractivity contribution in [2.75, 3.05) is 7.11 Å². The minimum absolute atomic E-state index is 0.220. The van der Waals surface area contributed by atoms with Crippen LogP contribution in [0, 0.1) is 6.92 Å². The summed E-state index contributed by atoms with van der Waals surface area (Å²) in [6.07, 6.45) is 4.35. The van der Waals surface area contributed by atoms with Crippen molar-refractivity contribution >= 4 is 5.97 Å². The molecule has 0 aliphatic heterocycles. The summed E-state index contributed by atoms with van der Waals surface area (Å²) in [6, 6.07) is 0.220. The second kappa shape index (κ2) is 6.00. The lowest BCUT2D eigenvalue weighted by Crippen LogP contribution is -2.53. The molecule has 102 valence electrons. The lowest BCUT2D eigenvalue weighted by molar-refractivity contribution is -0.148. The zero-order valence-electron chi connectivity index (χ0n) is 11.9. The Morgan fingerprint density at radius 2 is 2.28 bits per heavy atom. The third-order valence-corrected chi connectivity index (χ3v) is 3.02. The molecule has 0 aromatic carbocycles. The monoisotopic (exact) mass is 253 g/mol. The summed E-state index contributed by atoms with van der Waals surface area (Å²) in [4.78, 5) is 16.1. The lowest BCUT2D eigenvalue weighted by atomic mass is 9.96. The first-order chi connectivity index (χ1) is 8.39. The van der Waals surface area contributed by atoms with Crippen LogP contribution in [0.1, 0.15) is 33.0 Å². The number of methoxy groups -OCH3 is 1. The molecule has 0 spiro atoms. The van der Waals surface area contributed by atoms with Gasteiger partial charge < -0.3 is 9.30 Å². The van der Waals surface area contributed by atoms with Gasteiger partial charge in [-0.25, -0.2) is 4.98 Å². The third-order valence-electron chi connectivity index (χ3n) is 3.02. The van der Waals surface area contributed by atoms with Gasteiger partial charge in [0.15, 0.2) is 0 Å². The van der Waals surface area contributed by atoms with Crippen molar-refractivity contribution in [1.29, 1.82) is 0 Å². The summed E-state index contributed by atoms with van der Waals surface area (Å²) in [5.74, 6) is 0.723. The number of hydrogen-bond donors (Lipinski definition) is 1. The largest absolute Gasteiger partial charge is 0.468 e. The quantitative estimate of drug-likeness (QED) is 0.781. The number of carbonyl (C=O) groups excluding carboxylic acids is 1. The predicted octanol–water partition coefficient (Wildman–Crippen LogP) is 1.51. The van der Waals surface area contributed by atoms with E-state index < -0.39 is 5.54 Å². The Hall–Kier alpha value is -1.36. The average Bonchev–Trinajstić information content (AvgIpc) is 2.70. The van der Waals surface area contributed by atoms with E-state index in [4.69, 9.17) is 4.74 Å². The molecule has 0 aliphatic rings. The fourth-order valence-corrected chi connectivity index (χ4v) is 2.08. The molecular weight excluding hydrogens is 230 g/mol. The number of imidazole rings is 1. The summed E-state index contributed by atoms with van der Waals surface area (Å²) >= 11 is 0. The summed E-state index contributed by atoms with van der Waals surface area (Å²) in [7, 11) is 1.42. The first kappa shape index (κ1) is 14.7. The van der Waals surface area contributed by atoms with Gasteiger partial charge in [0.05, 0.1) is 7.11 Å². The van der Waals surface area contributed by atoms with Crippen LogP contribution < -0.4 is 5.32 Å². The average molecular weight is 253 g/mol. The first-order valence-electron chi connectivity index (χ1n) is 6.23. The Labute approximate surface area is 109 Å². The lowest BCUT2D eigenvalue weighted by Gasteiger charge is -2.30. The Kier molecular flexibility index (Phi) is 4.90. The highest BCUT2D eigenvalue weighted by atomic mass is 16.5. The van der Waals surface area contributed by atoms with Crippen LogP contribution in [0.3, 0.4) is 0 Å². The molecule has 1 aromatic heterocycles. The van der Waals surface area contributed by atoms with Crippen molar-refractivity contribution in [2.45, 2.75) is 52.2 Å².